The Bertz CT molecular complexity index is 1080. The first-order valence-corrected chi connectivity index (χ1v) is 10.5. The highest BCUT2D eigenvalue weighted by atomic mass is 16.5. The number of benzene rings is 3. The van der Waals surface area contributed by atoms with Crippen LogP contribution in [0.2, 0.25) is 0 Å². The molecule has 3 aromatic rings. The molecule has 164 valence electrons. The molecule has 2 N–H and O–H groups in total. The molecule has 0 aliphatic heterocycles. The molecule has 6 heteroatoms. The fraction of sp³-hybridized carbons (Fsp3) is 0.231. The normalized spacial score (nSPS) is 13.0. The Morgan fingerprint density at radius 1 is 0.969 bits per heavy atom. The first-order chi connectivity index (χ1) is 15.6. The molecule has 0 spiro atoms. The van der Waals surface area contributed by atoms with Crippen LogP contribution in [0, 0.1) is 0 Å². The summed E-state index contributed by atoms with van der Waals surface area (Å²) in [4.78, 5) is 24.1. The Hall–Kier alpha value is -3.80. The van der Waals surface area contributed by atoms with Gasteiger partial charge in [0.1, 0.15) is 18.4 Å². The number of fused-ring (bicyclic) bond motifs is 3. The topological polar surface area (TPSA) is 84.9 Å². The molecule has 0 fully saturated rings. The number of aliphatic carboxylic acids is 1. The van der Waals surface area contributed by atoms with Crippen LogP contribution in [0.1, 0.15) is 29.0 Å². The van der Waals surface area contributed by atoms with Crippen molar-refractivity contribution in [2.24, 2.45) is 0 Å². The number of rotatable bonds is 8. The number of carboxylic acids is 1. The van der Waals surface area contributed by atoms with Crippen molar-refractivity contribution in [3.05, 3.63) is 89.5 Å². The van der Waals surface area contributed by atoms with Crippen molar-refractivity contribution in [2.45, 2.75) is 24.8 Å². The van der Waals surface area contributed by atoms with Gasteiger partial charge in [0.15, 0.2) is 0 Å². The number of nitrogens with one attached hydrogen (secondary N) is 1. The van der Waals surface area contributed by atoms with Gasteiger partial charge in [0.05, 0.1) is 7.11 Å². The third-order valence-electron chi connectivity index (χ3n) is 5.79. The zero-order chi connectivity index (χ0) is 22.5. The Labute approximate surface area is 186 Å². The van der Waals surface area contributed by atoms with E-state index in [0.717, 1.165) is 27.8 Å². The van der Waals surface area contributed by atoms with Gasteiger partial charge in [-0.1, -0.05) is 60.7 Å². The van der Waals surface area contributed by atoms with E-state index in [0.29, 0.717) is 12.2 Å². The van der Waals surface area contributed by atoms with E-state index in [1.807, 2.05) is 60.7 Å². The third-order valence-corrected chi connectivity index (χ3v) is 5.79. The van der Waals surface area contributed by atoms with Gasteiger partial charge in [0.2, 0.25) is 0 Å². The summed E-state index contributed by atoms with van der Waals surface area (Å²) in [6, 6.07) is 22.5. The smallest absolute Gasteiger partial charge is 0.407 e. The van der Waals surface area contributed by atoms with E-state index in [2.05, 4.69) is 17.4 Å². The molecule has 1 aliphatic rings. The third kappa shape index (κ3) is 4.59. The molecule has 4 rings (SSSR count). The standard InChI is InChI=1S/C26H25NO5/c1-31-18-8-6-7-17(15-18)13-14-24(25(28)29)27-26(30)32-16-23-21-11-4-2-9-19(21)20-10-3-5-12-22(20)23/h2-12,15,23-24H,13-14,16H2,1H3,(H,27,30)(H,28,29). The lowest BCUT2D eigenvalue weighted by Gasteiger charge is -2.17. The maximum atomic E-state index is 12.4. The van der Waals surface area contributed by atoms with E-state index in [-0.39, 0.29) is 18.9 Å². The number of hydrogen-bond donors (Lipinski definition) is 2. The van der Waals surface area contributed by atoms with Gasteiger partial charge in [0.25, 0.3) is 0 Å². The number of alkyl carbamates (subject to hydrolysis) is 1. The van der Waals surface area contributed by atoms with E-state index in [1.54, 1.807) is 7.11 Å². The van der Waals surface area contributed by atoms with Crippen LogP contribution in [0.5, 0.6) is 5.75 Å². The summed E-state index contributed by atoms with van der Waals surface area (Å²) < 4.78 is 10.7. The van der Waals surface area contributed by atoms with Crippen molar-refractivity contribution >= 4 is 12.1 Å². The Morgan fingerprint density at radius 2 is 1.62 bits per heavy atom. The van der Waals surface area contributed by atoms with Crippen LogP contribution >= 0.6 is 0 Å². The highest BCUT2D eigenvalue weighted by molar-refractivity contribution is 5.81. The summed E-state index contributed by atoms with van der Waals surface area (Å²) in [6.45, 7) is 0.141. The first-order valence-electron chi connectivity index (χ1n) is 10.5. The predicted molar refractivity (Wildman–Crippen MR) is 121 cm³/mol. The van der Waals surface area contributed by atoms with Crippen molar-refractivity contribution in [3.8, 4) is 16.9 Å². The molecule has 0 radical (unpaired) electrons. The molecule has 0 heterocycles. The lowest BCUT2D eigenvalue weighted by Crippen LogP contribution is -2.41. The maximum Gasteiger partial charge on any atom is 0.407 e. The molecular weight excluding hydrogens is 406 g/mol. The second-order valence-electron chi connectivity index (χ2n) is 7.75. The van der Waals surface area contributed by atoms with E-state index in [1.165, 1.54) is 0 Å². The molecule has 1 aliphatic carbocycles. The fourth-order valence-corrected chi connectivity index (χ4v) is 4.18. The SMILES string of the molecule is COc1cccc(CCC(NC(=O)OCC2c3ccccc3-c3ccccc32)C(=O)O)c1. The quantitative estimate of drug-likeness (QED) is 0.544. The molecule has 6 nitrogen and oxygen atoms in total. The number of ether oxygens (including phenoxy) is 2. The monoisotopic (exact) mass is 431 g/mol. The highest BCUT2D eigenvalue weighted by Crippen LogP contribution is 2.44. The van der Waals surface area contributed by atoms with Gasteiger partial charge in [-0.2, -0.15) is 0 Å². The number of carboxylic acid groups (broad SMARTS) is 1. The average Bonchev–Trinajstić information content (AvgIpc) is 3.14. The molecule has 32 heavy (non-hydrogen) atoms. The summed E-state index contributed by atoms with van der Waals surface area (Å²) in [7, 11) is 1.58. The number of hydrogen-bond acceptors (Lipinski definition) is 4. The van der Waals surface area contributed by atoms with Gasteiger partial charge in [-0.15, -0.1) is 0 Å². The van der Waals surface area contributed by atoms with E-state index in [4.69, 9.17) is 9.47 Å². The molecule has 0 aromatic heterocycles. The summed E-state index contributed by atoms with van der Waals surface area (Å²) in [5, 5.41) is 12.0. The van der Waals surface area contributed by atoms with Crippen LogP contribution in [0.15, 0.2) is 72.8 Å². The zero-order valence-corrected chi connectivity index (χ0v) is 17.8. The molecule has 1 atom stereocenters. The maximum absolute atomic E-state index is 12.4. The summed E-state index contributed by atoms with van der Waals surface area (Å²) in [6.07, 6.45) is -0.00486. The van der Waals surface area contributed by atoms with Crippen LogP contribution in [0.25, 0.3) is 11.1 Å². The van der Waals surface area contributed by atoms with Crippen LogP contribution in [0.4, 0.5) is 4.79 Å². The molecule has 0 bridgehead atoms. The van der Waals surface area contributed by atoms with Gasteiger partial charge in [0, 0.05) is 5.92 Å². The first kappa shape index (κ1) is 21.4. The number of carbonyl (C=O) groups is 2. The van der Waals surface area contributed by atoms with Gasteiger partial charge in [-0.3, -0.25) is 0 Å². The molecular formula is C26H25NO5. The number of aryl methyl sites for hydroxylation is 1. The van der Waals surface area contributed by atoms with Crippen molar-refractivity contribution in [3.63, 3.8) is 0 Å². The second-order valence-corrected chi connectivity index (χ2v) is 7.75. The highest BCUT2D eigenvalue weighted by Gasteiger charge is 2.29. The summed E-state index contributed by atoms with van der Waals surface area (Å²) >= 11 is 0. The number of methoxy groups -OCH3 is 1. The Balaban J connectivity index is 1.37. The van der Waals surface area contributed by atoms with E-state index in [9.17, 15) is 14.7 Å². The second kappa shape index (κ2) is 9.56. The number of carbonyl (C=O) groups excluding carboxylic acids is 1. The zero-order valence-electron chi connectivity index (χ0n) is 17.8. The van der Waals surface area contributed by atoms with E-state index >= 15 is 0 Å². The summed E-state index contributed by atoms with van der Waals surface area (Å²) in [5.41, 5.74) is 5.42. The number of amides is 1. The average molecular weight is 431 g/mol. The largest absolute Gasteiger partial charge is 0.497 e. The van der Waals surface area contributed by atoms with Gasteiger partial charge >= 0.3 is 12.1 Å². The van der Waals surface area contributed by atoms with Gasteiger partial charge in [-0.05, 0) is 52.8 Å². The van der Waals surface area contributed by atoms with Crippen molar-refractivity contribution in [1.82, 2.24) is 5.32 Å². The fourth-order valence-electron chi connectivity index (χ4n) is 4.18. The van der Waals surface area contributed by atoms with Crippen molar-refractivity contribution in [2.75, 3.05) is 13.7 Å². The van der Waals surface area contributed by atoms with Crippen LogP contribution in [0.3, 0.4) is 0 Å². The van der Waals surface area contributed by atoms with Crippen LogP contribution in [-0.2, 0) is 16.0 Å². The molecule has 3 aromatic carbocycles. The minimum atomic E-state index is -1.10. The van der Waals surface area contributed by atoms with Crippen LogP contribution < -0.4 is 10.1 Å². The van der Waals surface area contributed by atoms with E-state index < -0.39 is 18.1 Å². The lowest BCUT2D eigenvalue weighted by atomic mass is 9.98. The molecule has 1 unspecified atom stereocenters. The molecule has 1 amide bonds. The predicted octanol–water partition coefficient (Wildman–Crippen LogP) is 4.62. The minimum absolute atomic E-state index is 0.0757. The minimum Gasteiger partial charge on any atom is -0.497 e. The van der Waals surface area contributed by atoms with Gasteiger partial charge < -0.3 is 19.9 Å². The summed E-state index contributed by atoms with van der Waals surface area (Å²) in [5.74, 6) is -0.464. The van der Waals surface area contributed by atoms with Crippen molar-refractivity contribution in [1.29, 1.82) is 0 Å². The lowest BCUT2D eigenvalue weighted by molar-refractivity contribution is -0.139. The Morgan fingerprint density at radius 3 is 2.25 bits per heavy atom. The van der Waals surface area contributed by atoms with Crippen LogP contribution in [-0.4, -0.2) is 36.9 Å². The molecule has 0 saturated carbocycles. The van der Waals surface area contributed by atoms with Gasteiger partial charge in [-0.25, -0.2) is 9.59 Å². The Kier molecular flexibility index (Phi) is 6.40. The van der Waals surface area contributed by atoms with Crippen molar-refractivity contribution < 1.29 is 24.2 Å². The molecule has 0 saturated heterocycles.